The van der Waals surface area contributed by atoms with Crippen molar-refractivity contribution in [1.29, 1.82) is 0 Å². The maximum Gasteiger partial charge on any atom is 0.137 e. The summed E-state index contributed by atoms with van der Waals surface area (Å²) in [5, 5.41) is 0. The second-order valence-corrected chi connectivity index (χ2v) is 8.85. The summed E-state index contributed by atoms with van der Waals surface area (Å²) in [7, 11) is 0. The Kier molecular flexibility index (Phi) is 5.65. The molecule has 112 valence electrons. The molecule has 1 nitrogen and oxygen atoms in total. The lowest BCUT2D eigenvalue weighted by molar-refractivity contribution is -0.128. The van der Waals surface area contributed by atoms with Crippen LogP contribution in [0, 0.1) is 22.7 Å². The summed E-state index contributed by atoms with van der Waals surface area (Å²) in [6, 6.07) is 0. The third-order valence-corrected chi connectivity index (χ3v) is 4.48. The van der Waals surface area contributed by atoms with E-state index in [1.54, 1.807) is 0 Å². The number of carbonyl (C=O) groups is 1. The summed E-state index contributed by atoms with van der Waals surface area (Å²) < 4.78 is 0. The molecule has 1 rings (SSSR count). The van der Waals surface area contributed by atoms with Gasteiger partial charge in [0.15, 0.2) is 0 Å². The lowest BCUT2D eigenvalue weighted by Gasteiger charge is -2.32. The Bertz CT molecular complexity index is 284. The number of ketones is 1. The Morgan fingerprint density at radius 1 is 1.05 bits per heavy atom. The predicted octanol–water partition coefficient (Wildman–Crippen LogP) is 5.62. The zero-order valence-corrected chi connectivity index (χ0v) is 14.0. The van der Waals surface area contributed by atoms with Crippen LogP contribution in [0.4, 0.5) is 0 Å². The first kappa shape index (κ1) is 16.7. The topological polar surface area (TPSA) is 17.1 Å². The highest BCUT2D eigenvalue weighted by Gasteiger charge is 2.33. The number of rotatable bonds is 5. The van der Waals surface area contributed by atoms with Crippen LogP contribution in [0.15, 0.2) is 0 Å². The van der Waals surface area contributed by atoms with E-state index < -0.39 is 0 Å². The van der Waals surface area contributed by atoms with Crippen molar-refractivity contribution >= 4 is 5.78 Å². The zero-order chi connectivity index (χ0) is 14.7. The second-order valence-electron chi connectivity index (χ2n) is 8.85. The molecule has 0 saturated heterocycles. The van der Waals surface area contributed by atoms with Gasteiger partial charge in [-0.3, -0.25) is 4.79 Å². The zero-order valence-electron chi connectivity index (χ0n) is 14.0. The lowest BCUT2D eigenvalue weighted by atomic mass is 9.71. The number of hydrogen-bond acceptors (Lipinski definition) is 1. The largest absolute Gasteiger partial charge is 0.299 e. The average Bonchev–Trinajstić information content (AvgIpc) is 2.65. The van der Waals surface area contributed by atoms with Gasteiger partial charge in [0, 0.05) is 12.3 Å². The third-order valence-electron chi connectivity index (χ3n) is 4.48. The van der Waals surface area contributed by atoms with Crippen molar-refractivity contribution in [3.63, 3.8) is 0 Å². The van der Waals surface area contributed by atoms with Crippen LogP contribution in [0.3, 0.4) is 0 Å². The van der Waals surface area contributed by atoms with Crippen LogP contribution in [-0.2, 0) is 4.79 Å². The van der Waals surface area contributed by atoms with Crippen molar-refractivity contribution in [2.45, 2.75) is 86.5 Å². The molecule has 1 aliphatic rings. The van der Waals surface area contributed by atoms with E-state index in [4.69, 9.17) is 0 Å². The standard InChI is InChI=1S/C18H34O/c1-17(2,3)13-16(19)15(18(4,5)6)12-11-14-9-7-8-10-14/h14-15H,7-13H2,1-6H3. The summed E-state index contributed by atoms with van der Waals surface area (Å²) >= 11 is 0. The molecule has 0 amide bonds. The normalized spacial score (nSPS) is 19.7. The smallest absolute Gasteiger partial charge is 0.137 e. The summed E-state index contributed by atoms with van der Waals surface area (Å²) in [6.45, 7) is 13.2. The minimum absolute atomic E-state index is 0.112. The van der Waals surface area contributed by atoms with Gasteiger partial charge >= 0.3 is 0 Å². The van der Waals surface area contributed by atoms with Gasteiger partial charge in [-0.2, -0.15) is 0 Å². The fourth-order valence-corrected chi connectivity index (χ4v) is 3.42. The Balaban J connectivity index is 2.58. The molecule has 1 saturated carbocycles. The molecule has 0 aliphatic heterocycles. The maximum atomic E-state index is 12.6. The molecule has 0 aromatic rings. The first-order valence-corrected chi connectivity index (χ1v) is 8.12. The highest BCUT2D eigenvalue weighted by atomic mass is 16.1. The fraction of sp³-hybridized carbons (Fsp3) is 0.944. The number of hydrogen-bond donors (Lipinski definition) is 0. The molecule has 0 aromatic heterocycles. The molecule has 19 heavy (non-hydrogen) atoms. The van der Waals surface area contributed by atoms with E-state index in [1.165, 1.54) is 32.1 Å². The summed E-state index contributed by atoms with van der Waals surface area (Å²) in [6.07, 6.45) is 8.68. The number of Topliss-reactive ketones (excluding diaryl/α,β-unsaturated/α-hetero) is 1. The molecule has 1 aliphatic carbocycles. The average molecular weight is 266 g/mol. The van der Waals surface area contributed by atoms with E-state index in [-0.39, 0.29) is 16.7 Å². The van der Waals surface area contributed by atoms with Crippen LogP contribution in [0.2, 0.25) is 0 Å². The molecule has 0 spiro atoms. The van der Waals surface area contributed by atoms with Gasteiger partial charge in [-0.15, -0.1) is 0 Å². The van der Waals surface area contributed by atoms with Gasteiger partial charge in [0.2, 0.25) is 0 Å². The van der Waals surface area contributed by atoms with Crippen molar-refractivity contribution in [2.24, 2.45) is 22.7 Å². The van der Waals surface area contributed by atoms with E-state index in [1.807, 2.05) is 0 Å². The SMILES string of the molecule is CC(C)(C)CC(=O)C(CCC1CCCC1)C(C)(C)C. The quantitative estimate of drug-likeness (QED) is 0.630. The van der Waals surface area contributed by atoms with Crippen LogP contribution in [0.1, 0.15) is 86.5 Å². The molecule has 1 unspecified atom stereocenters. The van der Waals surface area contributed by atoms with Crippen LogP contribution in [0.5, 0.6) is 0 Å². The summed E-state index contributed by atoms with van der Waals surface area (Å²) in [4.78, 5) is 12.6. The van der Waals surface area contributed by atoms with Gasteiger partial charge in [0.25, 0.3) is 0 Å². The molecule has 1 atom stereocenters. The first-order valence-electron chi connectivity index (χ1n) is 8.12. The van der Waals surface area contributed by atoms with Crippen molar-refractivity contribution in [3.05, 3.63) is 0 Å². The lowest BCUT2D eigenvalue weighted by Crippen LogP contribution is -2.31. The Labute approximate surface area is 120 Å². The van der Waals surface area contributed by atoms with E-state index in [0.29, 0.717) is 5.78 Å². The highest BCUT2D eigenvalue weighted by molar-refractivity contribution is 5.82. The van der Waals surface area contributed by atoms with Crippen molar-refractivity contribution in [2.75, 3.05) is 0 Å². The van der Waals surface area contributed by atoms with Crippen LogP contribution >= 0.6 is 0 Å². The Morgan fingerprint density at radius 2 is 1.58 bits per heavy atom. The minimum Gasteiger partial charge on any atom is -0.299 e. The molecule has 0 radical (unpaired) electrons. The first-order chi connectivity index (χ1) is 8.59. The molecule has 0 bridgehead atoms. The van der Waals surface area contributed by atoms with Gasteiger partial charge in [-0.05, 0) is 29.6 Å². The van der Waals surface area contributed by atoms with Crippen molar-refractivity contribution in [1.82, 2.24) is 0 Å². The predicted molar refractivity (Wildman–Crippen MR) is 83.2 cm³/mol. The molecule has 1 fully saturated rings. The number of carbonyl (C=O) groups excluding carboxylic acids is 1. The molecular weight excluding hydrogens is 232 g/mol. The summed E-state index contributed by atoms with van der Waals surface area (Å²) in [5.41, 5.74) is 0.231. The van der Waals surface area contributed by atoms with E-state index in [0.717, 1.165) is 18.8 Å². The van der Waals surface area contributed by atoms with E-state index in [2.05, 4.69) is 41.5 Å². The second kappa shape index (κ2) is 6.41. The van der Waals surface area contributed by atoms with Crippen LogP contribution in [0.25, 0.3) is 0 Å². The molecule has 0 aromatic carbocycles. The van der Waals surface area contributed by atoms with Gasteiger partial charge in [-0.1, -0.05) is 67.2 Å². The van der Waals surface area contributed by atoms with Gasteiger partial charge in [0.05, 0.1) is 0 Å². The van der Waals surface area contributed by atoms with Gasteiger partial charge < -0.3 is 0 Å². The monoisotopic (exact) mass is 266 g/mol. The Hall–Kier alpha value is -0.330. The van der Waals surface area contributed by atoms with E-state index >= 15 is 0 Å². The molecule has 0 heterocycles. The third kappa shape index (κ3) is 6.10. The van der Waals surface area contributed by atoms with Crippen LogP contribution in [-0.4, -0.2) is 5.78 Å². The Morgan fingerprint density at radius 3 is 2.00 bits per heavy atom. The van der Waals surface area contributed by atoms with E-state index in [9.17, 15) is 4.79 Å². The molecule has 0 N–H and O–H groups in total. The van der Waals surface area contributed by atoms with Crippen LogP contribution < -0.4 is 0 Å². The van der Waals surface area contributed by atoms with Crippen molar-refractivity contribution in [3.8, 4) is 0 Å². The van der Waals surface area contributed by atoms with Gasteiger partial charge in [0.1, 0.15) is 5.78 Å². The fourth-order valence-electron chi connectivity index (χ4n) is 3.42. The molecule has 1 heteroatoms. The summed E-state index contributed by atoms with van der Waals surface area (Å²) in [5.74, 6) is 1.62. The minimum atomic E-state index is 0.112. The molecular formula is C18H34O. The van der Waals surface area contributed by atoms with Crippen molar-refractivity contribution < 1.29 is 4.79 Å². The maximum absolute atomic E-state index is 12.6. The highest BCUT2D eigenvalue weighted by Crippen LogP contribution is 2.37. The van der Waals surface area contributed by atoms with Gasteiger partial charge in [-0.25, -0.2) is 0 Å².